The summed E-state index contributed by atoms with van der Waals surface area (Å²) in [5.41, 5.74) is 2.23. The van der Waals surface area contributed by atoms with Crippen molar-refractivity contribution in [3.05, 3.63) is 59.3 Å². The summed E-state index contributed by atoms with van der Waals surface area (Å²) in [7, 11) is 0. The predicted octanol–water partition coefficient (Wildman–Crippen LogP) is 4.39. The maximum absolute atomic E-state index is 12.6. The van der Waals surface area contributed by atoms with Crippen LogP contribution in [0.5, 0.6) is 0 Å². The van der Waals surface area contributed by atoms with Crippen molar-refractivity contribution in [1.82, 2.24) is 5.32 Å². The summed E-state index contributed by atoms with van der Waals surface area (Å²) in [6, 6.07) is 14.5. The smallest absolute Gasteiger partial charge is 0.287 e. The van der Waals surface area contributed by atoms with E-state index < -0.39 is 0 Å². The third-order valence-corrected chi connectivity index (χ3v) is 6.49. The standard InChI is InChI=1S/C25H24ClN3O4/c26-18-5-4-17-12-22(33-21(17)13-18)25(32)27-14-16-11-24(31)29(15-16)20-8-6-19(7-9-20)28-10-2-1-3-23(28)30/h4-9,12-13,16H,1-3,10-11,14-15H2,(H,27,32). The molecule has 8 heteroatoms. The lowest BCUT2D eigenvalue weighted by molar-refractivity contribution is -0.119. The summed E-state index contributed by atoms with van der Waals surface area (Å²) in [6.07, 6.45) is 2.90. The Bertz CT molecular complexity index is 1220. The Labute approximate surface area is 196 Å². The average Bonchev–Trinajstić information content (AvgIpc) is 3.41. The first kappa shape index (κ1) is 21.5. The molecule has 1 unspecified atom stereocenters. The number of rotatable bonds is 5. The molecule has 2 fully saturated rings. The van der Waals surface area contributed by atoms with Crippen LogP contribution in [0.15, 0.2) is 52.9 Å². The molecule has 1 N–H and O–H groups in total. The Morgan fingerprint density at radius 1 is 1.00 bits per heavy atom. The SMILES string of the molecule is O=C(NCC1CC(=O)N(c2ccc(N3CCCCC3=O)cc2)C1)c1cc2ccc(Cl)cc2o1. The number of benzene rings is 2. The molecular formula is C25H24ClN3O4. The van der Waals surface area contributed by atoms with Crippen molar-refractivity contribution >= 4 is 51.7 Å². The number of hydrogen-bond acceptors (Lipinski definition) is 4. The van der Waals surface area contributed by atoms with Crippen molar-refractivity contribution in [3.8, 4) is 0 Å². The highest BCUT2D eigenvalue weighted by Gasteiger charge is 2.31. The number of halogens is 1. The molecule has 3 amide bonds. The van der Waals surface area contributed by atoms with Crippen LogP contribution < -0.4 is 15.1 Å². The van der Waals surface area contributed by atoms with E-state index in [1.165, 1.54) is 0 Å². The lowest BCUT2D eigenvalue weighted by Crippen LogP contribution is -2.35. The molecule has 5 rings (SSSR count). The summed E-state index contributed by atoms with van der Waals surface area (Å²) in [5.74, 6) is 0.0766. The maximum atomic E-state index is 12.6. The third kappa shape index (κ3) is 4.46. The number of piperidine rings is 1. The van der Waals surface area contributed by atoms with E-state index in [-0.39, 0.29) is 29.4 Å². The average molecular weight is 466 g/mol. The molecule has 3 heterocycles. The van der Waals surface area contributed by atoms with Crippen LogP contribution in [0.2, 0.25) is 5.02 Å². The Balaban J connectivity index is 1.19. The zero-order valence-electron chi connectivity index (χ0n) is 18.1. The van der Waals surface area contributed by atoms with E-state index in [2.05, 4.69) is 5.32 Å². The van der Waals surface area contributed by atoms with Gasteiger partial charge in [0.15, 0.2) is 5.76 Å². The van der Waals surface area contributed by atoms with Crippen LogP contribution >= 0.6 is 11.6 Å². The number of amides is 3. The van der Waals surface area contributed by atoms with E-state index in [4.69, 9.17) is 16.0 Å². The predicted molar refractivity (Wildman–Crippen MR) is 127 cm³/mol. The number of anilines is 2. The molecule has 0 spiro atoms. The Hall–Kier alpha value is -3.32. The molecule has 7 nitrogen and oxygen atoms in total. The van der Waals surface area contributed by atoms with E-state index >= 15 is 0 Å². The molecule has 0 bridgehead atoms. The summed E-state index contributed by atoms with van der Waals surface area (Å²) in [6.45, 7) is 1.64. The van der Waals surface area contributed by atoms with Gasteiger partial charge in [0.2, 0.25) is 11.8 Å². The second kappa shape index (κ2) is 8.90. The highest BCUT2D eigenvalue weighted by molar-refractivity contribution is 6.31. The first-order valence-electron chi connectivity index (χ1n) is 11.2. The van der Waals surface area contributed by atoms with E-state index in [1.54, 1.807) is 29.2 Å². The molecule has 2 aliphatic rings. The highest BCUT2D eigenvalue weighted by Crippen LogP contribution is 2.29. The van der Waals surface area contributed by atoms with Gasteiger partial charge in [-0.25, -0.2) is 0 Å². The van der Waals surface area contributed by atoms with Gasteiger partial charge in [-0.2, -0.15) is 0 Å². The lowest BCUT2D eigenvalue weighted by atomic mass is 10.1. The summed E-state index contributed by atoms with van der Waals surface area (Å²) in [5, 5.41) is 4.23. The fourth-order valence-electron chi connectivity index (χ4n) is 4.50. The van der Waals surface area contributed by atoms with Crippen LogP contribution in [0.25, 0.3) is 11.0 Å². The maximum Gasteiger partial charge on any atom is 0.287 e. The van der Waals surface area contributed by atoms with Gasteiger partial charge in [-0.1, -0.05) is 11.6 Å². The number of carbonyl (C=O) groups is 3. The van der Waals surface area contributed by atoms with Crippen molar-refractivity contribution in [2.24, 2.45) is 5.92 Å². The van der Waals surface area contributed by atoms with Gasteiger partial charge >= 0.3 is 0 Å². The Kier molecular flexibility index (Phi) is 5.81. The minimum atomic E-state index is -0.316. The molecule has 0 radical (unpaired) electrons. The van der Waals surface area contributed by atoms with Gasteiger partial charge < -0.3 is 19.5 Å². The Morgan fingerprint density at radius 2 is 1.76 bits per heavy atom. The summed E-state index contributed by atoms with van der Waals surface area (Å²) >= 11 is 5.97. The topological polar surface area (TPSA) is 82.9 Å². The van der Waals surface area contributed by atoms with Gasteiger partial charge in [0.25, 0.3) is 5.91 Å². The van der Waals surface area contributed by atoms with Crippen LogP contribution in [-0.4, -0.2) is 37.4 Å². The molecule has 1 aromatic heterocycles. The number of furan rings is 1. The number of nitrogens with zero attached hydrogens (tertiary/aromatic N) is 2. The minimum Gasteiger partial charge on any atom is -0.451 e. The van der Waals surface area contributed by atoms with Crippen molar-refractivity contribution in [2.45, 2.75) is 25.7 Å². The van der Waals surface area contributed by atoms with Crippen molar-refractivity contribution in [1.29, 1.82) is 0 Å². The molecule has 1 atom stereocenters. The summed E-state index contributed by atoms with van der Waals surface area (Å²) < 4.78 is 5.60. The fraction of sp³-hybridized carbons (Fsp3) is 0.320. The molecule has 2 saturated heterocycles. The van der Waals surface area contributed by atoms with Crippen LogP contribution in [-0.2, 0) is 9.59 Å². The van der Waals surface area contributed by atoms with Crippen LogP contribution in [0.4, 0.5) is 11.4 Å². The largest absolute Gasteiger partial charge is 0.451 e. The minimum absolute atomic E-state index is 0.00335. The van der Waals surface area contributed by atoms with Gasteiger partial charge in [-0.3, -0.25) is 14.4 Å². The van der Waals surface area contributed by atoms with E-state index in [9.17, 15) is 14.4 Å². The first-order chi connectivity index (χ1) is 16.0. The second-order valence-corrected chi connectivity index (χ2v) is 9.03. The molecule has 33 heavy (non-hydrogen) atoms. The summed E-state index contributed by atoms with van der Waals surface area (Å²) in [4.78, 5) is 40.8. The van der Waals surface area contributed by atoms with Crippen LogP contribution in [0.1, 0.15) is 36.2 Å². The highest BCUT2D eigenvalue weighted by atomic mass is 35.5. The molecule has 170 valence electrons. The number of fused-ring (bicyclic) bond motifs is 1. The lowest BCUT2D eigenvalue weighted by Gasteiger charge is -2.27. The monoisotopic (exact) mass is 465 g/mol. The van der Waals surface area contributed by atoms with Gasteiger partial charge in [-0.15, -0.1) is 0 Å². The van der Waals surface area contributed by atoms with Crippen LogP contribution in [0, 0.1) is 5.92 Å². The number of carbonyl (C=O) groups excluding carboxylic acids is 3. The molecule has 2 aliphatic heterocycles. The molecule has 2 aromatic carbocycles. The number of hydrogen-bond donors (Lipinski definition) is 1. The van der Waals surface area contributed by atoms with E-state index in [1.807, 2.05) is 29.2 Å². The quantitative estimate of drug-likeness (QED) is 0.606. The van der Waals surface area contributed by atoms with Crippen molar-refractivity contribution in [2.75, 3.05) is 29.4 Å². The number of nitrogens with one attached hydrogen (secondary N) is 1. The second-order valence-electron chi connectivity index (χ2n) is 8.60. The van der Waals surface area contributed by atoms with E-state index in [0.29, 0.717) is 36.5 Å². The van der Waals surface area contributed by atoms with E-state index in [0.717, 1.165) is 36.1 Å². The molecular weight excluding hydrogens is 442 g/mol. The third-order valence-electron chi connectivity index (χ3n) is 6.26. The zero-order valence-corrected chi connectivity index (χ0v) is 18.8. The molecule has 3 aromatic rings. The molecule has 0 saturated carbocycles. The zero-order chi connectivity index (χ0) is 22.9. The Morgan fingerprint density at radius 3 is 2.52 bits per heavy atom. The van der Waals surface area contributed by atoms with Gasteiger partial charge in [0.1, 0.15) is 5.58 Å². The fourth-order valence-corrected chi connectivity index (χ4v) is 4.66. The van der Waals surface area contributed by atoms with Gasteiger partial charge in [0.05, 0.1) is 0 Å². The molecule has 0 aliphatic carbocycles. The normalized spacial score (nSPS) is 18.9. The van der Waals surface area contributed by atoms with Gasteiger partial charge in [0, 0.05) is 66.2 Å². The van der Waals surface area contributed by atoms with Crippen molar-refractivity contribution in [3.63, 3.8) is 0 Å². The van der Waals surface area contributed by atoms with Crippen LogP contribution in [0.3, 0.4) is 0 Å². The van der Waals surface area contributed by atoms with Gasteiger partial charge in [-0.05, 0) is 55.3 Å². The first-order valence-corrected chi connectivity index (χ1v) is 11.5. The van der Waals surface area contributed by atoms with Crippen molar-refractivity contribution < 1.29 is 18.8 Å².